The molecule has 1 N–H and O–H groups in total. The number of hydrogen-bond acceptors (Lipinski definition) is 2. The highest BCUT2D eigenvalue weighted by Gasteiger charge is 2.44. The van der Waals surface area contributed by atoms with Crippen LogP contribution in [0.25, 0.3) is 0 Å². The van der Waals surface area contributed by atoms with E-state index >= 15 is 0 Å². The molecule has 0 aromatic heterocycles. The third kappa shape index (κ3) is 2.56. The number of amides is 1. The van der Waals surface area contributed by atoms with Crippen LogP contribution < -0.4 is 5.32 Å². The van der Waals surface area contributed by atoms with E-state index in [1.165, 1.54) is 12.8 Å². The average Bonchev–Trinajstić information content (AvgIpc) is 2.52. The summed E-state index contributed by atoms with van der Waals surface area (Å²) in [6.07, 6.45) is 5.78. The van der Waals surface area contributed by atoms with Gasteiger partial charge in [0.2, 0.25) is 5.91 Å². The molecule has 1 amide bonds. The van der Waals surface area contributed by atoms with Crippen molar-refractivity contribution in [1.29, 1.82) is 0 Å². The molecule has 104 valence electrons. The molecule has 0 saturated carbocycles. The number of carbonyl (C=O) groups is 1. The van der Waals surface area contributed by atoms with E-state index in [0.717, 1.165) is 38.9 Å². The SMILES string of the molecule is CC(C)N1CCCC[C@@](C)(C2CCNCC2)C1=O. The molecule has 0 aromatic rings. The van der Waals surface area contributed by atoms with Crippen LogP contribution in [0.1, 0.15) is 52.9 Å². The lowest BCUT2D eigenvalue weighted by Gasteiger charge is -2.41. The quantitative estimate of drug-likeness (QED) is 0.818. The molecule has 1 atom stereocenters. The molecule has 0 bridgehead atoms. The molecule has 0 spiro atoms. The zero-order chi connectivity index (χ0) is 13.2. The highest BCUT2D eigenvalue weighted by molar-refractivity contribution is 5.83. The minimum absolute atomic E-state index is 0.108. The fourth-order valence-corrected chi connectivity index (χ4v) is 3.64. The molecule has 0 aliphatic carbocycles. The number of likely N-dealkylation sites (tertiary alicyclic amines) is 1. The van der Waals surface area contributed by atoms with Gasteiger partial charge in [-0.3, -0.25) is 4.79 Å². The number of piperidine rings is 1. The van der Waals surface area contributed by atoms with E-state index in [1.54, 1.807) is 0 Å². The molecule has 2 aliphatic rings. The minimum Gasteiger partial charge on any atom is -0.340 e. The largest absolute Gasteiger partial charge is 0.340 e. The third-order valence-corrected chi connectivity index (χ3v) is 4.96. The maximum Gasteiger partial charge on any atom is 0.229 e. The summed E-state index contributed by atoms with van der Waals surface area (Å²) >= 11 is 0. The topological polar surface area (TPSA) is 32.3 Å². The van der Waals surface area contributed by atoms with Crippen molar-refractivity contribution in [3.63, 3.8) is 0 Å². The fraction of sp³-hybridized carbons (Fsp3) is 0.933. The number of nitrogens with one attached hydrogen (secondary N) is 1. The smallest absolute Gasteiger partial charge is 0.229 e. The van der Waals surface area contributed by atoms with Crippen LogP contribution in [0.15, 0.2) is 0 Å². The van der Waals surface area contributed by atoms with Gasteiger partial charge in [0, 0.05) is 18.0 Å². The van der Waals surface area contributed by atoms with E-state index in [4.69, 9.17) is 0 Å². The van der Waals surface area contributed by atoms with E-state index in [1.807, 2.05) is 0 Å². The molecule has 0 unspecified atom stereocenters. The van der Waals surface area contributed by atoms with Gasteiger partial charge in [-0.25, -0.2) is 0 Å². The first-order chi connectivity index (χ1) is 8.55. The Hall–Kier alpha value is -0.570. The molecule has 0 aromatic carbocycles. The average molecular weight is 252 g/mol. The molecule has 2 saturated heterocycles. The predicted molar refractivity (Wildman–Crippen MR) is 74.4 cm³/mol. The van der Waals surface area contributed by atoms with Crippen LogP contribution in [0, 0.1) is 11.3 Å². The monoisotopic (exact) mass is 252 g/mol. The summed E-state index contributed by atoms with van der Waals surface area (Å²) in [5.74, 6) is 0.993. The van der Waals surface area contributed by atoms with Crippen molar-refractivity contribution < 1.29 is 4.79 Å². The van der Waals surface area contributed by atoms with Crippen molar-refractivity contribution >= 4 is 5.91 Å². The first kappa shape index (κ1) is 13.9. The summed E-state index contributed by atoms with van der Waals surface area (Å²) in [6.45, 7) is 9.63. The maximum atomic E-state index is 12.9. The van der Waals surface area contributed by atoms with Gasteiger partial charge in [0.25, 0.3) is 0 Å². The Balaban J connectivity index is 2.19. The highest BCUT2D eigenvalue weighted by atomic mass is 16.2. The van der Waals surface area contributed by atoms with Crippen molar-refractivity contribution in [3.05, 3.63) is 0 Å². The van der Waals surface area contributed by atoms with Gasteiger partial charge in [-0.15, -0.1) is 0 Å². The lowest BCUT2D eigenvalue weighted by atomic mass is 9.69. The first-order valence-electron chi connectivity index (χ1n) is 7.57. The van der Waals surface area contributed by atoms with Gasteiger partial charge in [-0.1, -0.05) is 13.3 Å². The molecule has 2 rings (SSSR count). The molecular weight excluding hydrogens is 224 g/mol. The van der Waals surface area contributed by atoms with Gasteiger partial charge in [-0.2, -0.15) is 0 Å². The minimum atomic E-state index is -0.108. The second kappa shape index (κ2) is 5.60. The number of hydrogen-bond donors (Lipinski definition) is 1. The third-order valence-electron chi connectivity index (χ3n) is 4.96. The molecule has 3 nitrogen and oxygen atoms in total. The Bertz CT molecular complexity index is 297. The van der Waals surface area contributed by atoms with Gasteiger partial charge < -0.3 is 10.2 Å². The van der Waals surface area contributed by atoms with E-state index < -0.39 is 0 Å². The van der Waals surface area contributed by atoms with E-state index in [-0.39, 0.29) is 5.41 Å². The Labute approximate surface area is 111 Å². The summed E-state index contributed by atoms with van der Waals surface area (Å²) in [6, 6.07) is 0.344. The Morgan fingerprint density at radius 3 is 2.56 bits per heavy atom. The van der Waals surface area contributed by atoms with Crippen LogP contribution in [0.2, 0.25) is 0 Å². The predicted octanol–water partition coefficient (Wildman–Crippen LogP) is 2.41. The van der Waals surface area contributed by atoms with E-state index in [2.05, 4.69) is 31.0 Å². The molecule has 18 heavy (non-hydrogen) atoms. The molecule has 2 heterocycles. The van der Waals surface area contributed by atoms with Gasteiger partial charge in [-0.05, 0) is 58.5 Å². The first-order valence-corrected chi connectivity index (χ1v) is 7.57. The van der Waals surface area contributed by atoms with Crippen molar-refractivity contribution in [1.82, 2.24) is 10.2 Å². The number of rotatable bonds is 2. The summed E-state index contributed by atoms with van der Waals surface area (Å²) in [5, 5.41) is 3.41. The van der Waals surface area contributed by atoms with Crippen molar-refractivity contribution in [2.24, 2.45) is 11.3 Å². The van der Waals surface area contributed by atoms with E-state index in [0.29, 0.717) is 17.9 Å². The normalized spacial score (nSPS) is 31.8. The summed E-state index contributed by atoms with van der Waals surface area (Å²) in [4.78, 5) is 15.0. The van der Waals surface area contributed by atoms with Gasteiger partial charge in [0.1, 0.15) is 0 Å². The van der Waals surface area contributed by atoms with Crippen LogP contribution in [0.5, 0.6) is 0 Å². The molecule has 2 fully saturated rings. The molecule has 3 heteroatoms. The lowest BCUT2D eigenvalue weighted by molar-refractivity contribution is -0.146. The van der Waals surface area contributed by atoms with E-state index in [9.17, 15) is 4.79 Å². The van der Waals surface area contributed by atoms with Crippen molar-refractivity contribution in [2.45, 2.75) is 58.9 Å². The zero-order valence-electron chi connectivity index (χ0n) is 12.2. The Morgan fingerprint density at radius 2 is 1.94 bits per heavy atom. The van der Waals surface area contributed by atoms with Gasteiger partial charge >= 0.3 is 0 Å². The fourth-order valence-electron chi connectivity index (χ4n) is 3.64. The van der Waals surface area contributed by atoms with Gasteiger partial charge in [0.05, 0.1) is 0 Å². The molecule has 2 aliphatic heterocycles. The molecule has 0 radical (unpaired) electrons. The lowest BCUT2D eigenvalue weighted by Crippen LogP contribution is -2.49. The highest BCUT2D eigenvalue weighted by Crippen LogP contribution is 2.42. The van der Waals surface area contributed by atoms with Crippen LogP contribution >= 0.6 is 0 Å². The van der Waals surface area contributed by atoms with Crippen molar-refractivity contribution in [2.75, 3.05) is 19.6 Å². The van der Waals surface area contributed by atoms with Gasteiger partial charge in [0.15, 0.2) is 0 Å². The summed E-state index contributed by atoms with van der Waals surface area (Å²) < 4.78 is 0. The molecular formula is C15H28N2O. The number of nitrogens with zero attached hydrogens (tertiary/aromatic N) is 1. The Morgan fingerprint density at radius 1 is 1.28 bits per heavy atom. The maximum absolute atomic E-state index is 12.9. The van der Waals surface area contributed by atoms with Crippen molar-refractivity contribution in [3.8, 4) is 0 Å². The summed E-state index contributed by atoms with van der Waals surface area (Å²) in [7, 11) is 0. The van der Waals surface area contributed by atoms with Crippen LogP contribution in [0.4, 0.5) is 0 Å². The van der Waals surface area contributed by atoms with Crippen LogP contribution in [0.3, 0.4) is 0 Å². The Kier molecular flexibility index (Phi) is 4.31. The summed E-state index contributed by atoms with van der Waals surface area (Å²) in [5.41, 5.74) is -0.108. The van der Waals surface area contributed by atoms with Crippen LogP contribution in [-0.4, -0.2) is 36.5 Å². The van der Waals surface area contributed by atoms with Crippen LogP contribution in [-0.2, 0) is 4.79 Å². The zero-order valence-corrected chi connectivity index (χ0v) is 12.2. The second-order valence-corrected chi connectivity index (χ2v) is 6.49. The standard InChI is InChI=1S/C15H28N2O/c1-12(2)17-11-5-4-8-15(3,14(17)18)13-6-9-16-10-7-13/h12-13,16H,4-11H2,1-3H3/t15-/m0/s1. The number of carbonyl (C=O) groups excluding carboxylic acids is 1. The second-order valence-electron chi connectivity index (χ2n) is 6.49.